The van der Waals surface area contributed by atoms with Gasteiger partial charge in [-0.3, -0.25) is 0 Å². The molecular weight excluding hydrogens is 428 g/mol. The maximum absolute atomic E-state index is 12.8. The van der Waals surface area contributed by atoms with Gasteiger partial charge in [0.15, 0.2) is 12.2 Å². The van der Waals surface area contributed by atoms with E-state index in [1.54, 1.807) is 60.7 Å². The number of esters is 2. The van der Waals surface area contributed by atoms with Gasteiger partial charge in [0.2, 0.25) is 0 Å². The van der Waals surface area contributed by atoms with Crippen molar-refractivity contribution in [1.29, 1.82) is 0 Å². The van der Waals surface area contributed by atoms with Gasteiger partial charge in [-0.25, -0.2) is 9.59 Å². The highest BCUT2D eigenvalue weighted by atomic mass is 32.2. The number of ether oxygens (including phenoxy) is 3. The number of carbonyl (C=O) groups excluding carboxylic acids is 2. The van der Waals surface area contributed by atoms with Crippen LogP contribution in [0, 0.1) is 0 Å². The SMILES string of the molecule is O=C(O[C@H]1[C@H](OC(=O)c2ccccc2)[C@@H](CO)O[C@@H]1Sc1ccccc1)c1ccccc1. The molecule has 1 heterocycles. The lowest BCUT2D eigenvalue weighted by Crippen LogP contribution is -2.41. The molecule has 6 nitrogen and oxygen atoms in total. The number of rotatable bonds is 7. The topological polar surface area (TPSA) is 82.1 Å². The Morgan fingerprint density at radius 3 is 1.72 bits per heavy atom. The van der Waals surface area contributed by atoms with Crippen molar-refractivity contribution in [2.24, 2.45) is 0 Å². The molecule has 0 saturated carbocycles. The average molecular weight is 451 g/mol. The molecule has 3 aromatic carbocycles. The van der Waals surface area contributed by atoms with E-state index in [9.17, 15) is 14.7 Å². The molecule has 0 aromatic heterocycles. The van der Waals surface area contributed by atoms with Gasteiger partial charge in [-0.1, -0.05) is 66.4 Å². The average Bonchev–Trinajstić information content (AvgIpc) is 3.16. The lowest BCUT2D eigenvalue weighted by molar-refractivity contribution is -0.0388. The van der Waals surface area contributed by atoms with Crippen molar-refractivity contribution in [2.75, 3.05) is 6.61 Å². The molecule has 1 aliphatic heterocycles. The van der Waals surface area contributed by atoms with Crippen molar-refractivity contribution in [1.82, 2.24) is 0 Å². The Hall–Kier alpha value is -3.13. The summed E-state index contributed by atoms with van der Waals surface area (Å²) in [6, 6.07) is 26.6. The van der Waals surface area contributed by atoms with Crippen LogP contribution in [0.3, 0.4) is 0 Å². The van der Waals surface area contributed by atoms with Crippen LogP contribution in [0.5, 0.6) is 0 Å². The number of carbonyl (C=O) groups is 2. The molecule has 0 radical (unpaired) electrons. The van der Waals surface area contributed by atoms with E-state index < -0.39 is 42.3 Å². The van der Waals surface area contributed by atoms with Gasteiger partial charge >= 0.3 is 11.9 Å². The van der Waals surface area contributed by atoms with Gasteiger partial charge in [0.1, 0.15) is 11.5 Å². The molecule has 1 aliphatic rings. The number of aliphatic hydroxyl groups is 1. The summed E-state index contributed by atoms with van der Waals surface area (Å²) in [6.45, 7) is -0.391. The van der Waals surface area contributed by atoms with Crippen LogP contribution >= 0.6 is 11.8 Å². The smallest absolute Gasteiger partial charge is 0.338 e. The summed E-state index contributed by atoms with van der Waals surface area (Å²) >= 11 is 1.34. The Morgan fingerprint density at radius 1 is 0.750 bits per heavy atom. The minimum atomic E-state index is -0.971. The lowest BCUT2D eigenvalue weighted by atomic mass is 10.1. The molecule has 0 unspecified atom stereocenters. The lowest BCUT2D eigenvalue weighted by Gasteiger charge is -2.24. The fourth-order valence-corrected chi connectivity index (χ4v) is 4.49. The standard InChI is InChI=1S/C25H22O6S/c26-16-20-21(30-23(27)17-10-4-1-5-11-17)22(31-24(28)18-12-6-2-7-13-18)25(29-20)32-19-14-8-3-9-15-19/h1-15,20-22,25-26H,16H2/t20-,21-,22+,25-/m1/s1. The Bertz CT molecular complexity index is 1030. The first-order valence-corrected chi connectivity index (χ1v) is 11.0. The van der Waals surface area contributed by atoms with Crippen molar-refractivity contribution in [2.45, 2.75) is 28.6 Å². The number of thioether (sulfide) groups is 1. The normalized spacial score (nSPS) is 22.3. The zero-order valence-corrected chi connectivity index (χ0v) is 17.9. The summed E-state index contributed by atoms with van der Waals surface area (Å²) in [6.07, 6.45) is -2.73. The summed E-state index contributed by atoms with van der Waals surface area (Å²) in [5.41, 5.74) is 0.0591. The summed E-state index contributed by atoms with van der Waals surface area (Å²) in [5, 5.41) is 9.91. The molecule has 7 heteroatoms. The van der Waals surface area contributed by atoms with Crippen molar-refractivity contribution < 1.29 is 28.9 Å². The van der Waals surface area contributed by atoms with E-state index in [0.29, 0.717) is 11.1 Å². The molecule has 0 amide bonds. The molecule has 32 heavy (non-hydrogen) atoms. The second-order valence-electron chi connectivity index (χ2n) is 7.13. The molecule has 1 fully saturated rings. The molecule has 0 bridgehead atoms. The Morgan fingerprint density at radius 2 is 1.22 bits per heavy atom. The number of aliphatic hydroxyl groups excluding tert-OH is 1. The van der Waals surface area contributed by atoms with Crippen molar-refractivity contribution in [3.63, 3.8) is 0 Å². The quantitative estimate of drug-likeness (QED) is 0.546. The van der Waals surface area contributed by atoms with Gasteiger partial charge < -0.3 is 19.3 Å². The monoisotopic (exact) mass is 450 g/mol. The van der Waals surface area contributed by atoms with Crippen LogP contribution in [-0.2, 0) is 14.2 Å². The van der Waals surface area contributed by atoms with Gasteiger partial charge in [-0.2, -0.15) is 0 Å². The van der Waals surface area contributed by atoms with E-state index >= 15 is 0 Å². The summed E-state index contributed by atoms with van der Waals surface area (Å²) in [4.78, 5) is 26.4. The highest BCUT2D eigenvalue weighted by Gasteiger charge is 2.50. The Balaban J connectivity index is 1.59. The first kappa shape index (κ1) is 22.1. The molecule has 3 aromatic rings. The highest BCUT2D eigenvalue weighted by Crippen LogP contribution is 2.37. The van der Waals surface area contributed by atoms with Gasteiger partial charge in [-0.15, -0.1) is 0 Å². The van der Waals surface area contributed by atoms with E-state index in [1.807, 2.05) is 30.3 Å². The Kier molecular flexibility index (Phi) is 7.21. The molecule has 4 atom stereocenters. The summed E-state index contributed by atoms with van der Waals surface area (Å²) in [5.74, 6) is -1.14. The van der Waals surface area contributed by atoms with Crippen LogP contribution in [0.4, 0.5) is 0 Å². The molecule has 0 spiro atoms. The maximum atomic E-state index is 12.8. The number of benzene rings is 3. The fourth-order valence-electron chi connectivity index (χ4n) is 3.37. The summed E-state index contributed by atoms with van der Waals surface area (Å²) in [7, 11) is 0. The minimum absolute atomic E-state index is 0.358. The van der Waals surface area contributed by atoms with Crippen LogP contribution in [0.25, 0.3) is 0 Å². The molecule has 1 saturated heterocycles. The van der Waals surface area contributed by atoms with Crippen LogP contribution in [0.2, 0.25) is 0 Å². The van der Waals surface area contributed by atoms with E-state index in [-0.39, 0.29) is 0 Å². The molecule has 164 valence electrons. The molecule has 4 rings (SSSR count). The maximum Gasteiger partial charge on any atom is 0.338 e. The predicted octanol–water partition coefficient (Wildman–Crippen LogP) is 3.95. The zero-order chi connectivity index (χ0) is 22.3. The van der Waals surface area contributed by atoms with Crippen molar-refractivity contribution >= 4 is 23.7 Å². The third-order valence-electron chi connectivity index (χ3n) is 4.95. The number of hydrogen-bond acceptors (Lipinski definition) is 7. The van der Waals surface area contributed by atoms with E-state index in [1.165, 1.54) is 11.8 Å². The van der Waals surface area contributed by atoms with Crippen molar-refractivity contribution in [3.8, 4) is 0 Å². The Labute approximate surface area is 190 Å². The second kappa shape index (κ2) is 10.5. The van der Waals surface area contributed by atoms with Crippen LogP contribution in [0.15, 0.2) is 95.9 Å². The first-order chi connectivity index (χ1) is 15.7. The largest absolute Gasteiger partial charge is 0.452 e. The molecule has 0 aliphatic carbocycles. The predicted molar refractivity (Wildman–Crippen MR) is 119 cm³/mol. The van der Waals surface area contributed by atoms with Crippen LogP contribution < -0.4 is 0 Å². The zero-order valence-electron chi connectivity index (χ0n) is 17.1. The van der Waals surface area contributed by atoms with Gasteiger partial charge in [-0.05, 0) is 36.4 Å². The van der Waals surface area contributed by atoms with Gasteiger partial charge in [0.05, 0.1) is 17.7 Å². The second-order valence-corrected chi connectivity index (χ2v) is 8.30. The third-order valence-corrected chi connectivity index (χ3v) is 6.10. The highest BCUT2D eigenvalue weighted by molar-refractivity contribution is 7.99. The van der Waals surface area contributed by atoms with E-state index in [0.717, 1.165) is 4.90 Å². The van der Waals surface area contributed by atoms with Crippen molar-refractivity contribution in [3.05, 3.63) is 102 Å². The van der Waals surface area contributed by atoms with Gasteiger partial charge in [0.25, 0.3) is 0 Å². The van der Waals surface area contributed by atoms with Crippen LogP contribution in [-0.4, -0.2) is 47.4 Å². The third kappa shape index (κ3) is 5.19. The molecule has 1 N–H and O–H groups in total. The minimum Gasteiger partial charge on any atom is -0.452 e. The van der Waals surface area contributed by atoms with Gasteiger partial charge in [0, 0.05) is 4.90 Å². The molecular formula is C25H22O6S. The number of hydrogen-bond donors (Lipinski definition) is 1. The fraction of sp³-hybridized carbons (Fsp3) is 0.200. The summed E-state index contributed by atoms with van der Waals surface area (Å²) < 4.78 is 17.5. The first-order valence-electron chi connectivity index (χ1n) is 10.2. The van der Waals surface area contributed by atoms with E-state index in [4.69, 9.17) is 14.2 Å². The van der Waals surface area contributed by atoms with Crippen LogP contribution in [0.1, 0.15) is 20.7 Å². The van der Waals surface area contributed by atoms with E-state index in [2.05, 4.69) is 0 Å².